The van der Waals surface area contributed by atoms with Crippen LogP contribution in [0.15, 0.2) is 27.4 Å². The second kappa shape index (κ2) is 6.84. The number of phenols is 1. The summed E-state index contributed by atoms with van der Waals surface area (Å²) >= 11 is 1.60. The molecule has 3 heterocycles. The minimum absolute atomic E-state index is 0.0247. The van der Waals surface area contributed by atoms with Gasteiger partial charge in [0, 0.05) is 35.3 Å². The number of thioether (sulfide) groups is 1. The summed E-state index contributed by atoms with van der Waals surface area (Å²) in [4.78, 5) is 38.0. The molecule has 28 heavy (non-hydrogen) atoms. The highest BCUT2D eigenvalue weighted by atomic mass is 32.2. The van der Waals surface area contributed by atoms with Gasteiger partial charge in [0.1, 0.15) is 24.0 Å². The third kappa shape index (κ3) is 3.05. The van der Waals surface area contributed by atoms with Crippen LogP contribution < -0.4 is 5.63 Å². The fourth-order valence-corrected chi connectivity index (χ4v) is 5.37. The Balaban J connectivity index is 1.58. The van der Waals surface area contributed by atoms with Crippen molar-refractivity contribution in [2.45, 2.75) is 50.6 Å². The van der Waals surface area contributed by atoms with Crippen molar-refractivity contribution in [1.29, 1.82) is 0 Å². The van der Waals surface area contributed by atoms with E-state index in [9.17, 15) is 19.5 Å². The van der Waals surface area contributed by atoms with Crippen molar-refractivity contribution in [2.75, 3.05) is 5.75 Å². The van der Waals surface area contributed by atoms with Crippen molar-refractivity contribution in [1.82, 2.24) is 4.90 Å². The first-order chi connectivity index (χ1) is 13.3. The molecular weight excluding hydrogens is 382 g/mol. The van der Waals surface area contributed by atoms with E-state index in [2.05, 4.69) is 0 Å². The average Bonchev–Trinajstić information content (AvgIpc) is 3.14. The van der Waals surface area contributed by atoms with Gasteiger partial charge in [-0.25, -0.2) is 9.59 Å². The standard InChI is InChI=1S/C20H21NO6S/c1-3-11-6-13-12(7-18(24)27-16(13)8-15(11)22)9-26-19(25)14-10-28-20(2)5-4-17(23)21(14)20/h6-8,14,22H,3-5,9-10H2,1-2H3/t14-,20-/m1/s1. The lowest BCUT2D eigenvalue weighted by atomic mass is 10.0. The normalized spacial score (nSPS) is 24.0. The van der Waals surface area contributed by atoms with Gasteiger partial charge in [0.2, 0.25) is 5.91 Å². The number of amides is 1. The molecule has 148 valence electrons. The van der Waals surface area contributed by atoms with E-state index in [4.69, 9.17) is 9.15 Å². The first-order valence-electron chi connectivity index (χ1n) is 9.24. The van der Waals surface area contributed by atoms with Crippen LogP contribution in [0.1, 0.15) is 37.8 Å². The van der Waals surface area contributed by atoms with Crippen LogP contribution in [0.25, 0.3) is 11.0 Å². The summed E-state index contributed by atoms with van der Waals surface area (Å²) in [6, 6.07) is 3.83. The molecule has 2 saturated heterocycles. The molecule has 0 saturated carbocycles. The van der Waals surface area contributed by atoms with Gasteiger partial charge in [-0.2, -0.15) is 0 Å². The summed E-state index contributed by atoms with van der Waals surface area (Å²) in [5, 5.41) is 10.6. The largest absolute Gasteiger partial charge is 0.508 e. The number of hydrogen-bond acceptors (Lipinski definition) is 7. The summed E-state index contributed by atoms with van der Waals surface area (Å²) in [5.74, 6) is 0.0693. The Morgan fingerprint density at radius 3 is 2.89 bits per heavy atom. The number of carbonyl (C=O) groups is 2. The molecule has 4 rings (SSSR count). The molecule has 1 N–H and O–H groups in total. The lowest BCUT2D eigenvalue weighted by molar-refractivity contribution is -0.154. The summed E-state index contributed by atoms with van der Waals surface area (Å²) < 4.78 is 10.7. The van der Waals surface area contributed by atoms with Gasteiger partial charge < -0.3 is 19.2 Å². The van der Waals surface area contributed by atoms with Gasteiger partial charge >= 0.3 is 11.6 Å². The SMILES string of the molecule is CCc1cc2c(COC(=O)[C@H]3CS[C@]4(C)CCC(=O)N34)cc(=O)oc2cc1O. The first-order valence-corrected chi connectivity index (χ1v) is 10.2. The maximum Gasteiger partial charge on any atom is 0.336 e. The Morgan fingerprint density at radius 2 is 2.14 bits per heavy atom. The van der Waals surface area contributed by atoms with Crippen LogP contribution >= 0.6 is 11.8 Å². The lowest BCUT2D eigenvalue weighted by Gasteiger charge is -2.29. The van der Waals surface area contributed by atoms with Gasteiger partial charge in [0.05, 0.1) is 4.87 Å². The zero-order valence-corrected chi connectivity index (χ0v) is 16.5. The molecule has 0 radical (unpaired) electrons. The van der Waals surface area contributed by atoms with Crippen molar-refractivity contribution in [3.63, 3.8) is 0 Å². The van der Waals surface area contributed by atoms with Gasteiger partial charge in [-0.1, -0.05) is 6.92 Å². The highest BCUT2D eigenvalue weighted by Crippen LogP contribution is 2.47. The number of benzene rings is 1. The fraction of sp³-hybridized carbons (Fsp3) is 0.450. The maximum absolute atomic E-state index is 12.7. The molecule has 2 aromatic rings. The molecule has 2 atom stereocenters. The number of carbonyl (C=O) groups excluding carboxylic acids is 2. The van der Waals surface area contributed by atoms with Crippen molar-refractivity contribution < 1.29 is 23.8 Å². The highest BCUT2D eigenvalue weighted by molar-refractivity contribution is 8.01. The molecule has 0 unspecified atom stereocenters. The smallest absolute Gasteiger partial charge is 0.336 e. The Bertz CT molecular complexity index is 1030. The van der Waals surface area contributed by atoms with Crippen LogP contribution in [-0.4, -0.2) is 38.5 Å². The second-order valence-corrected chi connectivity index (χ2v) is 8.80. The molecule has 0 aliphatic carbocycles. The molecule has 1 aromatic heterocycles. The van der Waals surface area contributed by atoms with E-state index in [1.807, 2.05) is 13.8 Å². The Labute approximate surface area is 165 Å². The van der Waals surface area contributed by atoms with Gasteiger partial charge in [0.25, 0.3) is 0 Å². The van der Waals surface area contributed by atoms with E-state index in [-0.39, 0.29) is 28.7 Å². The molecule has 2 fully saturated rings. The zero-order valence-electron chi connectivity index (χ0n) is 15.7. The number of nitrogens with zero attached hydrogens (tertiary/aromatic N) is 1. The zero-order chi connectivity index (χ0) is 20.1. The molecule has 1 amide bonds. The van der Waals surface area contributed by atoms with E-state index in [0.717, 1.165) is 6.42 Å². The number of aromatic hydroxyl groups is 1. The number of esters is 1. The van der Waals surface area contributed by atoms with Crippen LogP contribution in [0.2, 0.25) is 0 Å². The molecule has 0 spiro atoms. The predicted octanol–water partition coefficient (Wildman–Crippen LogP) is 2.56. The third-order valence-corrected chi connectivity index (χ3v) is 7.00. The molecule has 1 aromatic carbocycles. The van der Waals surface area contributed by atoms with Crippen LogP contribution in [0, 0.1) is 0 Å². The van der Waals surface area contributed by atoms with Gasteiger partial charge in [0.15, 0.2) is 0 Å². The van der Waals surface area contributed by atoms with Gasteiger partial charge in [-0.3, -0.25) is 4.79 Å². The molecule has 2 aliphatic heterocycles. The number of fused-ring (bicyclic) bond motifs is 2. The molecule has 2 aliphatic rings. The Morgan fingerprint density at radius 1 is 1.36 bits per heavy atom. The summed E-state index contributed by atoms with van der Waals surface area (Å²) in [6.07, 6.45) is 1.78. The minimum Gasteiger partial charge on any atom is -0.508 e. The molecule has 0 bridgehead atoms. The topological polar surface area (TPSA) is 97.1 Å². The number of rotatable bonds is 4. The number of ether oxygens (including phenoxy) is 1. The number of hydrogen-bond donors (Lipinski definition) is 1. The van der Waals surface area contributed by atoms with Gasteiger partial charge in [-0.05, 0) is 31.4 Å². The molecule has 7 nitrogen and oxygen atoms in total. The maximum atomic E-state index is 12.7. The quantitative estimate of drug-likeness (QED) is 0.619. The lowest BCUT2D eigenvalue weighted by Crippen LogP contribution is -2.46. The molecular formula is C20H21NO6S. The first kappa shape index (κ1) is 18.9. The van der Waals surface area contributed by atoms with Gasteiger partial charge in [-0.15, -0.1) is 11.8 Å². The number of aryl methyl sites for hydroxylation is 1. The summed E-state index contributed by atoms with van der Waals surface area (Å²) in [5.41, 5.74) is 0.878. The van der Waals surface area contributed by atoms with Crippen molar-refractivity contribution in [2.24, 2.45) is 0 Å². The number of phenolic OH excluding ortho intramolecular Hbond substituents is 1. The van der Waals surface area contributed by atoms with E-state index >= 15 is 0 Å². The summed E-state index contributed by atoms with van der Waals surface area (Å²) in [6.45, 7) is 3.78. The van der Waals surface area contributed by atoms with Crippen molar-refractivity contribution in [3.8, 4) is 5.75 Å². The Kier molecular flexibility index (Phi) is 4.61. The van der Waals surface area contributed by atoms with Crippen LogP contribution in [0.3, 0.4) is 0 Å². The van der Waals surface area contributed by atoms with E-state index in [1.54, 1.807) is 22.7 Å². The average molecular weight is 403 g/mol. The van der Waals surface area contributed by atoms with E-state index < -0.39 is 17.6 Å². The minimum atomic E-state index is -0.605. The molecule has 8 heteroatoms. The second-order valence-electron chi connectivity index (χ2n) is 7.29. The van der Waals surface area contributed by atoms with Crippen LogP contribution in [0.4, 0.5) is 0 Å². The third-order valence-electron chi connectivity index (χ3n) is 5.50. The highest BCUT2D eigenvalue weighted by Gasteiger charge is 2.53. The Hall–Kier alpha value is -2.48. The van der Waals surface area contributed by atoms with E-state index in [0.29, 0.717) is 35.1 Å². The predicted molar refractivity (Wildman–Crippen MR) is 104 cm³/mol. The van der Waals surface area contributed by atoms with E-state index in [1.165, 1.54) is 12.1 Å². The van der Waals surface area contributed by atoms with Crippen molar-refractivity contribution in [3.05, 3.63) is 39.7 Å². The monoisotopic (exact) mass is 403 g/mol. The van der Waals surface area contributed by atoms with Crippen molar-refractivity contribution >= 4 is 34.6 Å². The van der Waals surface area contributed by atoms with Crippen LogP contribution in [-0.2, 0) is 27.4 Å². The van der Waals surface area contributed by atoms with Crippen LogP contribution in [0.5, 0.6) is 5.75 Å². The fourth-order valence-electron chi connectivity index (χ4n) is 3.95. The summed E-state index contributed by atoms with van der Waals surface area (Å²) in [7, 11) is 0.